The number of nitrogens with zero attached hydrogens (tertiary/aromatic N) is 2. The van der Waals surface area contributed by atoms with Crippen LogP contribution in [0.4, 0.5) is 0 Å². The lowest BCUT2D eigenvalue weighted by molar-refractivity contribution is -0.156. The summed E-state index contributed by atoms with van der Waals surface area (Å²) in [6.07, 6.45) is 0.909. The van der Waals surface area contributed by atoms with E-state index in [0.717, 1.165) is 15.6 Å². The molecule has 3 amide bonds. The number of ketones is 1. The van der Waals surface area contributed by atoms with Crippen LogP contribution in [0, 0.1) is 18.8 Å². The second-order valence-electron chi connectivity index (χ2n) is 8.74. The standard InChI is InChI=1S/C25H23Br2ClN2O4/c1-13-7-9-15(10-8-13)22(31)14(2)29(23(32)16-5-3-4-6-21(16)28)30-24(33)17-11-19(26)20(27)12-18(17)25(30)34/h3-10,14,17-20H,11-12H2,1-2H3/t14-,17-,18+,19-,20-/m0/s1. The van der Waals surface area contributed by atoms with E-state index in [1.165, 1.54) is 13.0 Å². The summed E-state index contributed by atoms with van der Waals surface area (Å²) in [5, 5.41) is 2.06. The largest absolute Gasteiger partial charge is 0.292 e. The fourth-order valence-corrected chi connectivity index (χ4v) is 6.01. The SMILES string of the molecule is Cc1ccc(C(=O)[C@H](C)N(C(=O)c2ccccc2Cl)N2C(=O)[C@H]3C[C@H](Br)[C@@H](Br)C[C@H]3C2=O)cc1. The Hall–Kier alpha value is -2.03. The van der Waals surface area contributed by atoms with Crippen LogP contribution >= 0.6 is 43.5 Å². The number of alkyl halides is 2. The van der Waals surface area contributed by atoms with Gasteiger partial charge in [0, 0.05) is 15.2 Å². The Bertz CT molecular complexity index is 1130. The van der Waals surface area contributed by atoms with Crippen LogP contribution in [0.5, 0.6) is 0 Å². The Morgan fingerprint density at radius 3 is 2.03 bits per heavy atom. The Morgan fingerprint density at radius 1 is 0.971 bits per heavy atom. The zero-order chi connectivity index (χ0) is 24.7. The highest BCUT2D eigenvalue weighted by molar-refractivity contribution is 9.12. The quantitative estimate of drug-likeness (QED) is 0.265. The molecule has 0 N–H and O–H groups in total. The molecule has 2 aromatic rings. The average molecular weight is 611 g/mol. The normalized spacial score (nSPS) is 25.1. The minimum Gasteiger partial charge on any atom is -0.292 e. The molecule has 2 aromatic carbocycles. The van der Waals surface area contributed by atoms with Crippen LogP contribution < -0.4 is 0 Å². The monoisotopic (exact) mass is 608 g/mol. The summed E-state index contributed by atoms with van der Waals surface area (Å²) in [6, 6.07) is 12.2. The van der Waals surface area contributed by atoms with Crippen molar-refractivity contribution in [1.82, 2.24) is 10.0 Å². The molecule has 0 aromatic heterocycles. The topological polar surface area (TPSA) is 74.8 Å². The molecule has 1 aliphatic heterocycles. The number of imide groups is 1. The maximum Gasteiger partial charge on any atom is 0.275 e. The number of rotatable bonds is 5. The molecule has 5 atom stereocenters. The minimum atomic E-state index is -1.11. The summed E-state index contributed by atoms with van der Waals surface area (Å²) in [5.41, 5.74) is 1.48. The van der Waals surface area contributed by atoms with Gasteiger partial charge in [-0.25, -0.2) is 5.01 Å². The van der Waals surface area contributed by atoms with Crippen LogP contribution in [-0.4, -0.2) is 49.2 Å². The summed E-state index contributed by atoms with van der Waals surface area (Å²) in [4.78, 5) is 54.2. The van der Waals surface area contributed by atoms with Crippen LogP contribution in [0.3, 0.4) is 0 Å². The lowest BCUT2D eigenvalue weighted by atomic mass is 9.81. The van der Waals surface area contributed by atoms with Gasteiger partial charge in [-0.2, -0.15) is 5.01 Å². The van der Waals surface area contributed by atoms with Crippen molar-refractivity contribution in [2.45, 2.75) is 42.4 Å². The van der Waals surface area contributed by atoms with Crippen molar-refractivity contribution in [1.29, 1.82) is 0 Å². The molecule has 1 heterocycles. The lowest BCUT2D eigenvalue weighted by Gasteiger charge is -2.35. The molecule has 2 fully saturated rings. The van der Waals surface area contributed by atoms with Gasteiger partial charge in [0.1, 0.15) is 6.04 Å². The van der Waals surface area contributed by atoms with Crippen molar-refractivity contribution < 1.29 is 19.2 Å². The fourth-order valence-electron chi connectivity index (χ4n) is 4.56. The van der Waals surface area contributed by atoms with Gasteiger partial charge in [0.05, 0.1) is 22.4 Å². The number of hydrazine groups is 1. The maximum absolute atomic E-state index is 13.7. The summed E-state index contributed by atoms with van der Waals surface area (Å²) in [5.74, 6) is -3.12. The van der Waals surface area contributed by atoms with Gasteiger partial charge in [0.2, 0.25) is 0 Å². The number of fused-ring (bicyclic) bond motifs is 1. The van der Waals surface area contributed by atoms with E-state index in [-0.39, 0.29) is 26.0 Å². The average Bonchev–Trinajstić information content (AvgIpc) is 3.04. The third kappa shape index (κ3) is 4.48. The highest BCUT2D eigenvalue weighted by Crippen LogP contribution is 2.44. The third-order valence-electron chi connectivity index (χ3n) is 6.50. The molecule has 178 valence electrons. The number of carbonyl (C=O) groups is 4. The molecule has 9 heteroatoms. The number of hydrogen-bond acceptors (Lipinski definition) is 4. The van der Waals surface area contributed by atoms with Gasteiger partial charge < -0.3 is 0 Å². The highest BCUT2D eigenvalue weighted by atomic mass is 79.9. The molecule has 0 bridgehead atoms. The number of benzene rings is 2. The van der Waals surface area contributed by atoms with Gasteiger partial charge in [-0.3, -0.25) is 19.2 Å². The predicted molar refractivity (Wildman–Crippen MR) is 136 cm³/mol. The van der Waals surface area contributed by atoms with Crippen molar-refractivity contribution in [2.75, 3.05) is 0 Å². The smallest absolute Gasteiger partial charge is 0.275 e. The van der Waals surface area contributed by atoms with E-state index in [1.54, 1.807) is 42.5 Å². The summed E-state index contributed by atoms with van der Waals surface area (Å²) in [6.45, 7) is 3.43. The summed E-state index contributed by atoms with van der Waals surface area (Å²) >= 11 is 13.4. The van der Waals surface area contributed by atoms with E-state index in [4.69, 9.17) is 11.6 Å². The van der Waals surface area contributed by atoms with Gasteiger partial charge in [-0.1, -0.05) is 85.4 Å². The molecule has 0 radical (unpaired) electrons. The molecule has 34 heavy (non-hydrogen) atoms. The number of carbonyl (C=O) groups excluding carboxylic acids is 4. The van der Waals surface area contributed by atoms with Crippen LogP contribution in [0.25, 0.3) is 0 Å². The van der Waals surface area contributed by atoms with Gasteiger partial charge in [-0.15, -0.1) is 0 Å². The fraction of sp³-hybridized carbons (Fsp3) is 0.360. The van der Waals surface area contributed by atoms with Crippen molar-refractivity contribution in [3.05, 3.63) is 70.2 Å². The van der Waals surface area contributed by atoms with Crippen molar-refractivity contribution in [3.63, 3.8) is 0 Å². The van der Waals surface area contributed by atoms with Crippen molar-refractivity contribution in [3.8, 4) is 0 Å². The van der Waals surface area contributed by atoms with Gasteiger partial charge >= 0.3 is 0 Å². The highest BCUT2D eigenvalue weighted by Gasteiger charge is 2.55. The molecule has 1 saturated carbocycles. The molecule has 6 nitrogen and oxygen atoms in total. The first kappa shape index (κ1) is 25.1. The van der Waals surface area contributed by atoms with Crippen molar-refractivity contribution >= 4 is 67.0 Å². The number of hydrogen-bond donors (Lipinski definition) is 0. The first-order valence-corrected chi connectivity index (χ1v) is 13.2. The Morgan fingerprint density at radius 2 is 1.50 bits per heavy atom. The number of aryl methyl sites for hydroxylation is 1. The second-order valence-corrected chi connectivity index (χ2v) is 11.5. The maximum atomic E-state index is 13.7. The Labute approximate surface area is 219 Å². The van der Waals surface area contributed by atoms with Crippen LogP contribution in [0.1, 0.15) is 46.0 Å². The molecule has 1 saturated heterocycles. The molecular formula is C25H23Br2ClN2O4. The zero-order valence-corrected chi connectivity index (χ0v) is 22.5. The van der Waals surface area contributed by atoms with E-state index >= 15 is 0 Å². The summed E-state index contributed by atoms with van der Waals surface area (Å²) in [7, 11) is 0. The first-order chi connectivity index (χ1) is 16.1. The number of halogens is 3. The third-order valence-corrected chi connectivity index (χ3v) is 9.56. The van der Waals surface area contributed by atoms with E-state index < -0.39 is 35.6 Å². The first-order valence-electron chi connectivity index (χ1n) is 11.0. The molecule has 2 aliphatic rings. The molecule has 1 aliphatic carbocycles. The van der Waals surface area contributed by atoms with Crippen LogP contribution in [-0.2, 0) is 9.59 Å². The van der Waals surface area contributed by atoms with E-state index in [0.29, 0.717) is 18.4 Å². The minimum absolute atomic E-state index is 0.0183. The molecule has 0 spiro atoms. The van der Waals surface area contributed by atoms with Crippen molar-refractivity contribution in [2.24, 2.45) is 11.8 Å². The number of amides is 3. The van der Waals surface area contributed by atoms with Crippen LogP contribution in [0.15, 0.2) is 48.5 Å². The number of Topliss-reactive ketones (excluding diaryl/α,β-unsaturated/α-hetero) is 1. The second kappa shape index (κ2) is 9.91. The zero-order valence-electron chi connectivity index (χ0n) is 18.6. The molecular weight excluding hydrogens is 588 g/mol. The Kier molecular flexibility index (Phi) is 7.31. The predicted octanol–water partition coefficient (Wildman–Crippen LogP) is 5.20. The van der Waals surface area contributed by atoms with E-state index in [9.17, 15) is 19.2 Å². The Balaban J connectivity index is 1.76. The van der Waals surface area contributed by atoms with Gasteiger partial charge in [-0.05, 0) is 38.8 Å². The molecule has 0 unspecified atom stereocenters. The van der Waals surface area contributed by atoms with Crippen LogP contribution in [0.2, 0.25) is 5.02 Å². The lowest BCUT2D eigenvalue weighted by Crippen LogP contribution is -2.56. The van der Waals surface area contributed by atoms with E-state index in [2.05, 4.69) is 31.9 Å². The molecule has 4 rings (SSSR count). The summed E-state index contributed by atoms with van der Waals surface area (Å²) < 4.78 is 0. The van der Waals surface area contributed by atoms with Gasteiger partial charge in [0.15, 0.2) is 5.78 Å². The van der Waals surface area contributed by atoms with E-state index in [1.807, 2.05) is 6.92 Å². The van der Waals surface area contributed by atoms with Gasteiger partial charge in [0.25, 0.3) is 17.7 Å².